The van der Waals surface area contributed by atoms with Crippen LogP contribution in [0.5, 0.6) is 11.5 Å². The van der Waals surface area contributed by atoms with Crippen LogP contribution in [0.3, 0.4) is 0 Å². The van der Waals surface area contributed by atoms with Crippen molar-refractivity contribution in [2.24, 2.45) is 0 Å². The second-order valence-corrected chi connectivity index (χ2v) is 7.84. The Bertz CT molecular complexity index is 1110. The third-order valence-electron chi connectivity index (χ3n) is 4.62. The van der Waals surface area contributed by atoms with E-state index in [9.17, 15) is 13.4 Å². The Morgan fingerprint density at radius 2 is 1.90 bits per heavy atom. The van der Waals surface area contributed by atoms with Crippen molar-refractivity contribution in [1.82, 2.24) is 9.78 Å². The molecule has 0 spiro atoms. The van der Waals surface area contributed by atoms with E-state index in [4.69, 9.17) is 9.47 Å². The number of hydrogen-bond donors (Lipinski definition) is 1. The largest absolute Gasteiger partial charge is 0.493 e. The fourth-order valence-corrected chi connectivity index (χ4v) is 4.53. The number of para-hydroxylation sites is 1. The average Bonchev–Trinajstić information content (AvgIpc) is 3.24. The smallest absolute Gasteiger partial charge is 0.260 e. The van der Waals surface area contributed by atoms with Gasteiger partial charge in [0.1, 0.15) is 11.6 Å². The quantitative estimate of drug-likeness (QED) is 0.693. The van der Waals surface area contributed by atoms with E-state index in [1.807, 2.05) is 0 Å². The SMILES string of the molecule is COc1cccc(C(=O)Nc2c3c(nn2-c2ccc(F)cc2)C[S@@](=O)C3)c1OC. The highest BCUT2D eigenvalue weighted by atomic mass is 32.2. The first kappa shape index (κ1) is 19.1. The summed E-state index contributed by atoms with van der Waals surface area (Å²) in [6.45, 7) is 0. The van der Waals surface area contributed by atoms with Crippen LogP contribution in [-0.4, -0.2) is 34.1 Å². The summed E-state index contributed by atoms with van der Waals surface area (Å²) in [4.78, 5) is 13.1. The minimum atomic E-state index is -1.07. The van der Waals surface area contributed by atoms with E-state index in [-0.39, 0.29) is 11.4 Å². The molecule has 2 heterocycles. The van der Waals surface area contributed by atoms with Gasteiger partial charge >= 0.3 is 0 Å². The number of methoxy groups -OCH3 is 2. The van der Waals surface area contributed by atoms with Crippen molar-refractivity contribution < 1.29 is 22.9 Å². The standard InChI is InChI=1S/C20H18FN3O4S/c1-27-17-5-3-4-14(18(17)28-2)20(25)22-19-15-10-29(26)11-16(15)23-24(19)13-8-6-12(21)7-9-13/h3-9H,10-11H2,1-2H3,(H,22,25)/t29-/m0/s1. The number of anilines is 1. The van der Waals surface area contributed by atoms with Crippen molar-refractivity contribution in [3.8, 4) is 17.2 Å². The van der Waals surface area contributed by atoms with Crippen molar-refractivity contribution in [3.05, 3.63) is 65.1 Å². The molecule has 0 saturated heterocycles. The van der Waals surface area contributed by atoms with E-state index >= 15 is 0 Å². The lowest BCUT2D eigenvalue weighted by Crippen LogP contribution is -2.17. The number of halogens is 1. The van der Waals surface area contributed by atoms with Gasteiger partial charge in [0.05, 0.1) is 42.7 Å². The van der Waals surface area contributed by atoms with Crippen molar-refractivity contribution in [2.75, 3.05) is 19.5 Å². The van der Waals surface area contributed by atoms with E-state index < -0.39 is 16.7 Å². The molecule has 1 N–H and O–H groups in total. The first-order valence-corrected chi connectivity index (χ1v) is 10.2. The number of hydrogen-bond acceptors (Lipinski definition) is 5. The molecular weight excluding hydrogens is 397 g/mol. The number of nitrogens with one attached hydrogen (secondary N) is 1. The van der Waals surface area contributed by atoms with Crippen LogP contribution >= 0.6 is 0 Å². The highest BCUT2D eigenvalue weighted by Crippen LogP contribution is 2.34. The van der Waals surface area contributed by atoms with Gasteiger partial charge in [-0.2, -0.15) is 5.10 Å². The van der Waals surface area contributed by atoms with Crippen LogP contribution in [0.15, 0.2) is 42.5 Å². The Balaban J connectivity index is 1.76. The maximum absolute atomic E-state index is 13.3. The molecule has 0 aliphatic carbocycles. The minimum Gasteiger partial charge on any atom is -0.493 e. The lowest BCUT2D eigenvalue weighted by atomic mass is 10.1. The summed E-state index contributed by atoms with van der Waals surface area (Å²) in [6, 6.07) is 10.8. The molecule has 2 aromatic carbocycles. The van der Waals surface area contributed by atoms with Crippen molar-refractivity contribution in [2.45, 2.75) is 11.5 Å². The van der Waals surface area contributed by atoms with E-state index in [0.717, 1.165) is 0 Å². The average molecular weight is 415 g/mol. The maximum atomic E-state index is 13.3. The number of rotatable bonds is 5. The second kappa shape index (κ2) is 7.67. The van der Waals surface area contributed by atoms with Gasteiger partial charge in [-0.25, -0.2) is 9.07 Å². The lowest BCUT2D eigenvalue weighted by molar-refractivity contribution is 0.102. The summed E-state index contributed by atoms with van der Waals surface area (Å²) >= 11 is 0. The molecule has 7 nitrogen and oxygen atoms in total. The molecule has 9 heteroatoms. The topological polar surface area (TPSA) is 82.5 Å². The molecule has 0 saturated carbocycles. The summed E-state index contributed by atoms with van der Waals surface area (Å²) in [7, 11) is 1.88. The van der Waals surface area contributed by atoms with Crippen molar-refractivity contribution in [1.29, 1.82) is 0 Å². The second-order valence-electron chi connectivity index (χ2n) is 6.39. The summed E-state index contributed by atoms with van der Waals surface area (Å²) in [6.07, 6.45) is 0. The highest BCUT2D eigenvalue weighted by Gasteiger charge is 2.29. The van der Waals surface area contributed by atoms with E-state index in [1.165, 1.54) is 31.0 Å². The van der Waals surface area contributed by atoms with E-state index in [1.54, 1.807) is 30.3 Å². The Hall–Kier alpha value is -3.20. The Labute approximate surface area is 168 Å². The number of aromatic nitrogens is 2. The molecule has 1 amide bonds. The van der Waals surface area contributed by atoms with E-state index in [0.29, 0.717) is 45.8 Å². The monoisotopic (exact) mass is 415 g/mol. The molecule has 1 aliphatic rings. The first-order chi connectivity index (χ1) is 14.0. The molecule has 0 unspecified atom stereocenters. The predicted molar refractivity (Wildman–Crippen MR) is 107 cm³/mol. The molecule has 1 aliphatic heterocycles. The van der Waals surface area contributed by atoms with Gasteiger partial charge < -0.3 is 14.8 Å². The number of benzene rings is 2. The van der Waals surface area contributed by atoms with E-state index in [2.05, 4.69) is 10.4 Å². The molecule has 0 fully saturated rings. The lowest BCUT2D eigenvalue weighted by Gasteiger charge is -2.14. The van der Waals surface area contributed by atoms with Gasteiger partial charge in [-0.1, -0.05) is 6.07 Å². The molecule has 0 bridgehead atoms. The summed E-state index contributed by atoms with van der Waals surface area (Å²) in [5.74, 6) is 0.952. The van der Waals surface area contributed by atoms with Crippen LogP contribution in [0.2, 0.25) is 0 Å². The normalized spacial score (nSPS) is 15.1. The van der Waals surface area contributed by atoms with Gasteiger partial charge in [-0.05, 0) is 36.4 Å². The molecule has 1 aromatic heterocycles. The van der Waals surface area contributed by atoms with Gasteiger partial charge in [0.25, 0.3) is 5.91 Å². The van der Waals surface area contributed by atoms with Gasteiger partial charge in [0.2, 0.25) is 0 Å². The van der Waals surface area contributed by atoms with Gasteiger partial charge in [-0.3, -0.25) is 9.00 Å². The van der Waals surface area contributed by atoms with Crippen molar-refractivity contribution >= 4 is 22.5 Å². The van der Waals surface area contributed by atoms with Gasteiger partial charge in [0, 0.05) is 16.4 Å². The van der Waals surface area contributed by atoms with Crippen molar-refractivity contribution in [3.63, 3.8) is 0 Å². The number of carbonyl (C=O) groups excluding carboxylic acids is 1. The number of fused-ring (bicyclic) bond motifs is 1. The maximum Gasteiger partial charge on any atom is 0.260 e. The third-order valence-corrected chi connectivity index (χ3v) is 5.83. The fourth-order valence-electron chi connectivity index (χ4n) is 3.27. The number of ether oxygens (including phenoxy) is 2. The Morgan fingerprint density at radius 1 is 1.14 bits per heavy atom. The molecule has 29 heavy (non-hydrogen) atoms. The van der Waals surface area contributed by atoms with Crippen LogP contribution in [0, 0.1) is 5.82 Å². The predicted octanol–water partition coefficient (Wildman–Crippen LogP) is 3.04. The molecule has 1 atom stereocenters. The van der Waals surface area contributed by atoms with Gasteiger partial charge in [-0.15, -0.1) is 0 Å². The zero-order chi connectivity index (χ0) is 20.5. The summed E-state index contributed by atoms with van der Waals surface area (Å²) in [5, 5.41) is 7.36. The van der Waals surface area contributed by atoms with Crippen LogP contribution in [0.4, 0.5) is 10.2 Å². The molecule has 150 valence electrons. The summed E-state index contributed by atoms with van der Waals surface area (Å²) < 4.78 is 37.5. The van der Waals surface area contributed by atoms with Crippen LogP contribution in [0.25, 0.3) is 5.69 Å². The minimum absolute atomic E-state index is 0.284. The molecular formula is C20H18FN3O4S. The van der Waals surface area contributed by atoms with Crippen LogP contribution in [-0.2, 0) is 22.3 Å². The van der Waals surface area contributed by atoms with Crippen LogP contribution < -0.4 is 14.8 Å². The highest BCUT2D eigenvalue weighted by molar-refractivity contribution is 7.83. The molecule has 3 aromatic rings. The zero-order valence-corrected chi connectivity index (χ0v) is 16.6. The number of carbonyl (C=O) groups is 1. The number of amides is 1. The Morgan fingerprint density at radius 3 is 2.59 bits per heavy atom. The summed E-state index contributed by atoms with van der Waals surface area (Å²) in [5.41, 5.74) is 2.23. The fraction of sp³-hybridized carbons (Fsp3) is 0.200. The third kappa shape index (κ3) is 3.49. The number of nitrogens with zero attached hydrogens (tertiary/aromatic N) is 2. The van der Waals surface area contributed by atoms with Crippen LogP contribution in [0.1, 0.15) is 21.6 Å². The Kier molecular flexibility index (Phi) is 5.06. The molecule has 4 rings (SSSR count). The first-order valence-electron chi connectivity index (χ1n) is 8.76. The molecule has 0 radical (unpaired) electrons. The zero-order valence-electron chi connectivity index (χ0n) is 15.8. The van der Waals surface area contributed by atoms with Gasteiger partial charge in [0.15, 0.2) is 11.5 Å².